The van der Waals surface area contributed by atoms with Gasteiger partial charge in [-0.25, -0.2) is 8.42 Å². The molecule has 0 saturated carbocycles. The van der Waals surface area contributed by atoms with Crippen LogP contribution in [0.1, 0.15) is 29.7 Å². The number of aryl methyl sites for hydroxylation is 2. The van der Waals surface area contributed by atoms with Crippen LogP contribution in [0.4, 0.5) is 5.69 Å². The van der Waals surface area contributed by atoms with Crippen molar-refractivity contribution in [1.82, 2.24) is 0 Å². The van der Waals surface area contributed by atoms with Gasteiger partial charge in [0.2, 0.25) is 0 Å². The molecule has 0 aliphatic heterocycles. The first-order valence-corrected chi connectivity index (χ1v) is 8.23. The smallest absolute Gasteiger partial charge is 0.261 e. The van der Waals surface area contributed by atoms with Gasteiger partial charge in [-0.15, -0.1) is 0 Å². The van der Waals surface area contributed by atoms with Gasteiger partial charge >= 0.3 is 0 Å². The Labute approximate surface area is 126 Å². The maximum atomic E-state index is 12.3. The third-order valence-electron chi connectivity index (χ3n) is 3.48. The minimum absolute atomic E-state index is 0.0737. The van der Waals surface area contributed by atoms with Gasteiger partial charge in [0.15, 0.2) is 0 Å². The zero-order valence-electron chi connectivity index (χ0n) is 12.4. The molecule has 21 heavy (non-hydrogen) atoms. The van der Waals surface area contributed by atoms with Crippen molar-refractivity contribution in [2.45, 2.75) is 31.7 Å². The Morgan fingerprint density at radius 1 is 1.00 bits per heavy atom. The van der Waals surface area contributed by atoms with E-state index in [1.54, 1.807) is 24.3 Å². The lowest BCUT2D eigenvalue weighted by atomic mass is 10.1. The summed E-state index contributed by atoms with van der Waals surface area (Å²) in [5, 5.41) is 0. The molecule has 0 aliphatic carbocycles. The van der Waals surface area contributed by atoms with E-state index < -0.39 is 10.0 Å². The van der Waals surface area contributed by atoms with Crippen LogP contribution in [0.2, 0.25) is 0 Å². The van der Waals surface area contributed by atoms with Crippen LogP contribution in [0.25, 0.3) is 0 Å². The Bertz CT molecular complexity index is 735. The Morgan fingerprint density at radius 3 is 2.14 bits per heavy atom. The zero-order valence-corrected chi connectivity index (χ0v) is 13.2. The Morgan fingerprint density at radius 2 is 1.62 bits per heavy atom. The van der Waals surface area contributed by atoms with Gasteiger partial charge < -0.3 is 5.73 Å². The Hall–Kier alpha value is -1.85. The molecule has 2 aromatic rings. The van der Waals surface area contributed by atoms with Crippen molar-refractivity contribution in [3.63, 3.8) is 0 Å². The van der Waals surface area contributed by atoms with Gasteiger partial charge in [0.05, 0.1) is 4.90 Å². The monoisotopic (exact) mass is 304 g/mol. The first-order chi connectivity index (χ1) is 9.79. The molecular weight excluding hydrogens is 284 g/mol. The zero-order chi connectivity index (χ0) is 15.6. The molecule has 1 unspecified atom stereocenters. The SMILES string of the molecule is Cc1ccc(S(=O)(=O)Nc2ccc(C(C)N)cc2)cc1C. The molecule has 3 N–H and O–H groups in total. The second kappa shape index (κ2) is 5.87. The molecule has 0 aliphatic rings. The van der Waals surface area contributed by atoms with Crippen molar-refractivity contribution in [3.8, 4) is 0 Å². The topological polar surface area (TPSA) is 72.2 Å². The molecule has 0 amide bonds. The molecule has 5 heteroatoms. The average Bonchev–Trinajstić information content (AvgIpc) is 2.42. The molecule has 0 heterocycles. The molecule has 0 aromatic heterocycles. The van der Waals surface area contributed by atoms with Crippen LogP contribution >= 0.6 is 0 Å². The van der Waals surface area contributed by atoms with Crippen LogP contribution in [0.3, 0.4) is 0 Å². The van der Waals surface area contributed by atoms with E-state index >= 15 is 0 Å². The van der Waals surface area contributed by atoms with Crippen LogP contribution < -0.4 is 10.5 Å². The van der Waals surface area contributed by atoms with E-state index in [2.05, 4.69) is 4.72 Å². The van der Waals surface area contributed by atoms with Gasteiger partial charge in [-0.2, -0.15) is 0 Å². The first-order valence-electron chi connectivity index (χ1n) is 6.75. The molecule has 0 bridgehead atoms. The molecule has 0 spiro atoms. The number of hydrogen-bond acceptors (Lipinski definition) is 3. The first kappa shape index (κ1) is 15.5. The number of benzene rings is 2. The van der Waals surface area contributed by atoms with Gasteiger partial charge in [-0.05, 0) is 61.7 Å². The van der Waals surface area contributed by atoms with Gasteiger partial charge in [0, 0.05) is 11.7 Å². The van der Waals surface area contributed by atoms with E-state index in [1.165, 1.54) is 0 Å². The van der Waals surface area contributed by atoms with E-state index in [0.717, 1.165) is 16.7 Å². The summed E-state index contributed by atoms with van der Waals surface area (Å²) in [4.78, 5) is 0.266. The van der Waals surface area contributed by atoms with Gasteiger partial charge in [0.25, 0.3) is 10.0 Å². The Balaban J connectivity index is 2.26. The third kappa shape index (κ3) is 3.62. The van der Waals surface area contributed by atoms with Crippen molar-refractivity contribution in [3.05, 3.63) is 59.2 Å². The lowest BCUT2D eigenvalue weighted by Gasteiger charge is -2.11. The maximum Gasteiger partial charge on any atom is 0.261 e. The van der Waals surface area contributed by atoms with Crippen LogP contribution in [-0.4, -0.2) is 8.42 Å². The number of rotatable bonds is 4. The van der Waals surface area contributed by atoms with Crippen LogP contribution in [0.15, 0.2) is 47.4 Å². The van der Waals surface area contributed by atoms with E-state index in [0.29, 0.717) is 5.69 Å². The summed E-state index contributed by atoms with van der Waals surface area (Å²) < 4.78 is 27.3. The highest BCUT2D eigenvalue weighted by Crippen LogP contribution is 2.20. The lowest BCUT2D eigenvalue weighted by Crippen LogP contribution is -2.13. The van der Waals surface area contributed by atoms with Crippen molar-refractivity contribution in [2.24, 2.45) is 5.73 Å². The summed E-state index contributed by atoms with van der Waals surface area (Å²) in [5.74, 6) is 0. The maximum absolute atomic E-state index is 12.3. The molecule has 112 valence electrons. The number of anilines is 1. The predicted octanol–water partition coefficient (Wildman–Crippen LogP) is 3.12. The minimum Gasteiger partial charge on any atom is -0.324 e. The summed E-state index contributed by atoms with van der Waals surface area (Å²) in [5.41, 5.74) is 9.28. The fraction of sp³-hybridized carbons (Fsp3) is 0.250. The summed E-state index contributed by atoms with van der Waals surface area (Å²) in [6.45, 7) is 5.73. The standard InChI is InChI=1S/C16H20N2O2S/c1-11-4-9-16(10-12(11)2)21(19,20)18-15-7-5-14(6-8-15)13(3)17/h4-10,13,18H,17H2,1-3H3. The van der Waals surface area contributed by atoms with E-state index in [1.807, 2.05) is 39.0 Å². The summed E-state index contributed by atoms with van der Waals surface area (Å²) in [6, 6.07) is 12.1. The molecule has 2 rings (SSSR count). The average molecular weight is 304 g/mol. The second-order valence-electron chi connectivity index (χ2n) is 5.26. The van der Waals surface area contributed by atoms with E-state index in [4.69, 9.17) is 5.73 Å². The van der Waals surface area contributed by atoms with Gasteiger partial charge in [-0.3, -0.25) is 4.72 Å². The lowest BCUT2D eigenvalue weighted by molar-refractivity contribution is 0.601. The molecule has 4 nitrogen and oxygen atoms in total. The highest BCUT2D eigenvalue weighted by Gasteiger charge is 2.14. The number of nitrogens with one attached hydrogen (secondary N) is 1. The van der Waals surface area contributed by atoms with E-state index in [-0.39, 0.29) is 10.9 Å². The fourth-order valence-corrected chi connectivity index (χ4v) is 3.09. The fourth-order valence-electron chi connectivity index (χ4n) is 1.95. The van der Waals surface area contributed by atoms with Gasteiger partial charge in [0.1, 0.15) is 0 Å². The molecule has 0 saturated heterocycles. The van der Waals surface area contributed by atoms with E-state index in [9.17, 15) is 8.42 Å². The van der Waals surface area contributed by atoms with Gasteiger partial charge in [-0.1, -0.05) is 18.2 Å². The highest BCUT2D eigenvalue weighted by molar-refractivity contribution is 7.92. The Kier molecular flexibility index (Phi) is 4.34. The highest BCUT2D eigenvalue weighted by atomic mass is 32.2. The van der Waals surface area contributed by atoms with Crippen molar-refractivity contribution in [2.75, 3.05) is 4.72 Å². The number of sulfonamides is 1. The number of nitrogens with two attached hydrogens (primary N) is 1. The van der Waals surface area contributed by atoms with Crippen LogP contribution in [-0.2, 0) is 10.0 Å². The largest absolute Gasteiger partial charge is 0.324 e. The quantitative estimate of drug-likeness (QED) is 0.911. The van der Waals surface area contributed by atoms with Crippen molar-refractivity contribution >= 4 is 15.7 Å². The van der Waals surface area contributed by atoms with Crippen molar-refractivity contribution in [1.29, 1.82) is 0 Å². The normalized spacial score (nSPS) is 13.0. The summed E-state index contributed by atoms with van der Waals surface area (Å²) >= 11 is 0. The predicted molar refractivity (Wildman–Crippen MR) is 85.8 cm³/mol. The van der Waals surface area contributed by atoms with Crippen LogP contribution in [0, 0.1) is 13.8 Å². The molecule has 0 fully saturated rings. The second-order valence-corrected chi connectivity index (χ2v) is 6.94. The molecule has 2 aromatic carbocycles. The summed E-state index contributed by atoms with van der Waals surface area (Å²) in [6.07, 6.45) is 0. The van der Waals surface area contributed by atoms with Crippen molar-refractivity contribution < 1.29 is 8.42 Å². The summed E-state index contributed by atoms with van der Waals surface area (Å²) in [7, 11) is -3.57. The number of hydrogen-bond donors (Lipinski definition) is 2. The molecule has 0 radical (unpaired) electrons. The molecular formula is C16H20N2O2S. The van der Waals surface area contributed by atoms with Crippen LogP contribution in [0.5, 0.6) is 0 Å². The third-order valence-corrected chi connectivity index (χ3v) is 4.86. The molecule has 1 atom stereocenters. The minimum atomic E-state index is -3.57.